The number of piperidine rings is 1. The second-order valence-corrected chi connectivity index (χ2v) is 8.65. The predicted molar refractivity (Wildman–Crippen MR) is 130 cm³/mol. The smallest absolute Gasteiger partial charge is 0.257 e. The van der Waals surface area contributed by atoms with Crippen LogP contribution in [0.1, 0.15) is 41.6 Å². The molecule has 33 heavy (non-hydrogen) atoms. The first-order chi connectivity index (χ1) is 16.2. The first-order valence-electron chi connectivity index (χ1n) is 11.8. The summed E-state index contributed by atoms with van der Waals surface area (Å²) in [6.45, 7) is 4.50. The SMILES string of the molecule is COc1ccc(C=CCN2CCC(Oc3cc(OC)ccc3C(=O)N3CCCC3)CC2)cc1. The zero-order chi connectivity index (χ0) is 23.0. The van der Waals surface area contributed by atoms with Crippen LogP contribution in [0.4, 0.5) is 0 Å². The maximum Gasteiger partial charge on any atom is 0.257 e. The van der Waals surface area contributed by atoms with E-state index in [0.717, 1.165) is 64.2 Å². The van der Waals surface area contributed by atoms with Gasteiger partial charge < -0.3 is 19.1 Å². The molecule has 0 aliphatic carbocycles. The van der Waals surface area contributed by atoms with Crippen molar-refractivity contribution in [3.63, 3.8) is 0 Å². The topological polar surface area (TPSA) is 51.2 Å². The zero-order valence-electron chi connectivity index (χ0n) is 19.7. The molecule has 1 amide bonds. The second kappa shape index (κ2) is 11.2. The van der Waals surface area contributed by atoms with Crippen molar-refractivity contribution < 1.29 is 19.0 Å². The summed E-state index contributed by atoms with van der Waals surface area (Å²) in [7, 11) is 3.32. The van der Waals surface area contributed by atoms with Crippen LogP contribution in [0.3, 0.4) is 0 Å². The summed E-state index contributed by atoms with van der Waals surface area (Å²) >= 11 is 0. The minimum absolute atomic E-state index is 0.0614. The summed E-state index contributed by atoms with van der Waals surface area (Å²) in [6.07, 6.45) is 8.47. The van der Waals surface area contributed by atoms with Gasteiger partial charge in [-0.25, -0.2) is 0 Å². The summed E-state index contributed by atoms with van der Waals surface area (Å²) in [5, 5.41) is 0. The molecule has 0 atom stereocenters. The van der Waals surface area contributed by atoms with Gasteiger partial charge >= 0.3 is 0 Å². The third kappa shape index (κ3) is 6.08. The molecule has 2 aromatic carbocycles. The largest absolute Gasteiger partial charge is 0.497 e. The van der Waals surface area contributed by atoms with Crippen molar-refractivity contribution in [3.05, 3.63) is 59.7 Å². The molecule has 2 heterocycles. The lowest BCUT2D eigenvalue weighted by Crippen LogP contribution is -2.38. The van der Waals surface area contributed by atoms with Crippen molar-refractivity contribution in [2.75, 3.05) is 46.9 Å². The Bertz CT molecular complexity index is 943. The fraction of sp³-hybridized carbons (Fsp3) is 0.444. The molecule has 0 bridgehead atoms. The van der Waals surface area contributed by atoms with E-state index in [1.54, 1.807) is 14.2 Å². The van der Waals surface area contributed by atoms with Gasteiger partial charge in [0.25, 0.3) is 5.91 Å². The van der Waals surface area contributed by atoms with Crippen LogP contribution in [0.2, 0.25) is 0 Å². The standard InChI is InChI=1S/C27H34N2O4/c1-31-22-9-7-21(8-10-22)6-5-15-28-18-13-23(14-19-28)33-26-20-24(32-2)11-12-25(26)27(30)29-16-3-4-17-29/h5-12,20,23H,3-4,13-19H2,1-2H3. The van der Waals surface area contributed by atoms with Crippen LogP contribution in [0.5, 0.6) is 17.2 Å². The number of ether oxygens (including phenoxy) is 3. The fourth-order valence-corrected chi connectivity index (χ4v) is 4.44. The lowest BCUT2D eigenvalue weighted by molar-refractivity contribution is 0.0771. The van der Waals surface area contributed by atoms with Crippen LogP contribution in [0.25, 0.3) is 6.08 Å². The molecule has 0 spiro atoms. The van der Waals surface area contributed by atoms with Crippen molar-refractivity contribution in [3.8, 4) is 17.2 Å². The van der Waals surface area contributed by atoms with Gasteiger partial charge in [0.1, 0.15) is 23.4 Å². The van der Waals surface area contributed by atoms with Gasteiger partial charge in [0.05, 0.1) is 19.8 Å². The number of hydrogen-bond donors (Lipinski definition) is 0. The summed E-state index contributed by atoms with van der Waals surface area (Å²) in [4.78, 5) is 17.4. The van der Waals surface area contributed by atoms with E-state index in [4.69, 9.17) is 14.2 Å². The van der Waals surface area contributed by atoms with Crippen LogP contribution in [0.15, 0.2) is 48.5 Å². The second-order valence-electron chi connectivity index (χ2n) is 8.65. The Morgan fingerprint density at radius 3 is 2.27 bits per heavy atom. The lowest BCUT2D eigenvalue weighted by atomic mass is 10.1. The predicted octanol–water partition coefficient (Wildman–Crippen LogP) is 4.50. The number of hydrogen-bond acceptors (Lipinski definition) is 5. The number of rotatable bonds is 8. The molecular weight excluding hydrogens is 416 g/mol. The minimum atomic E-state index is 0.0614. The third-order valence-electron chi connectivity index (χ3n) is 6.43. The highest BCUT2D eigenvalue weighted by atomic mass is 16.5. The van der Waals surface area contributed by atoms with Crippen molar-refractivity contribution in [2.24, 2.45) is 0 Å². The highest BCUT2D eigenvalue weighted by Gasteiger charge is 2.26. The van der Waals surface area contributed by atoms with Crippen molar-refractivity contribution in [1.29, 1.82) is 0 Å². The van der Waals surface area contributed by atoms with Gasteiger partial charge in [-0.1, -0.05) is 24.3 Å². The Balaban J connectivity index is 1.31. The molecule has 2 fully saturated rings. The Hall–Kier alpha value is -2.99. The summed E-state index contributed by atoms with van der Waals surface area (Å²) in [6, 6.07) is 13.6. The number of nitrogens with zero attached hydrogens (tertiary/aromatic N) is 2. The van der Waals surface area contributed by atoms with Crippen molar-refractivity contribution in [1.82, 2.24) is 9.80 Å². The lowest BCUT2D eigenvalue weighted by Gasteiger charge is -2.32. The first-order valence-corrected chi connectivity index (χ1v) is 11.8. The first kappa shape index (κ1) is 23.2. The molecular formula is C27H34N2O4. The number of benzene rings is 2. The van der Waals surface area contributed by atoms with E-state index in [-0.39, 0.29) is 12.0 Å². The van der Waals surface area contributed by atoms with Crippen molar-refractivity contribution in [2.45, 2.75) is 31.8 Å². The molecule has 6 heteroatoms. The summed E-state index contributed by atoms with van der Waals surface area (Å²) in [5.74, 6) is 2.29. The molecule has 0 N–H and O–H groups in total. The Morgan fingerprint density at radius 1 is 0.939 bits per heavy atom. The molecule has 2 aromatic rings. The van der Waals surface area contributed by atoms with Gasteiger partial charge in [0, 0.05) is 38.8 Å². The van der Waals surface area contributed by atoms with E-state index in [0.29, 0.717) is 17.1 Å². The van der Waals surface area contributed by atoms with Gasteiger partial charge in [-0.2, -0.15) is 0 Å². The Morgan fingerprint density at radius 2 is 1.61 bits per heavy atom. The molecule has 2 aliphatic rings. The third-order valence-corrected chi connectivity index (χ3v) is 6.43. The van der Waals surface area contributed by atoms with Crippen LogP contribution >= 0.6 is 0 Å². The van der Waals surface area contributed by atoms with Gasteiger partial charge in [0.2, 0.25) is 0 Å². The van der Waals surface area contributed by atoms with Crippen molar-refractivity contribution >= 4 is 12.0 Å². The van der Waals surface area contributed by atoms with Gasteiger partial charge in [-0.15, -0.1) is 0 Å². The molecule has 0 aromatic heterocycles. The molecule has 0 radical (unpaired) electrons. The molecule has 2 aliphatic heterocycles. The molecule has 2 saturated heterocycles. The van der Waals surface area contributed by atoms with Crippen LogP contribution in [-0.2, 0) is 0 Å². The highest BCUT2D eigenvalue weighted by molar-refractivity contribution is 5.97. The van der Waals surface area contributed by atoms with Crippen LogP contribution in [-0.4, -0.2) is 68.8 Å². The van der Waals surface area contributed by atoms with E-state index in [2.05, 4.69) is 29.2 Å². The molecule has 176 valence electrons. The zero-order valence-corrected chi connectivity index (χ0v) is 19.7. The van der Waals surface area contributed by atoms with Crippen LogP contribution < -0.4 is 14.2 Å². The maximum absolute atomic E-state index is 13.0. The van der Waals surface area contributed by atoms with E-state index >= 15 is 0 Å². The van der Waals surface area contributed by atoms with E-state index in [1.807, 2.05) is 35.2 Å². The average molecular weight is 451 g/mol. The molecule has 6 nitrogen and oxygen atoms in total. The summed E-state index contributed by atoms with van der Waals surface area (Å²) in [5.41, 5.74) is 1.81. The number of carbonyl (C=O) groups excluding carboxylic acids is 1. The molecule has 0 saturated carbocycles. The van der Waals surface area contributed by atoms with Gasteiger partial charge in [-0.05, 0) is 55.5 Å². The quantitative estimate of drug-likeness (QED) is 0.593. The van der Waals surface area contributed by atoms with Gasteiger partial charge in [-0.3, -0.25) is 9.69 Å². The molecule has 0 unspecified atom stereocenters. The van der Waals surface area contributed by atoms with E-state index in [9.17, 15) is 4.79 Å². The fourth-order valence-electron chi connectivity index (χ4n) is 4.44. The van der Waals surface area contributed by atoms with E-state index in [1.165, 1.54) is 5.56 Å². The monoisotopic (exact) mass is 450 g/mol. The number of amides is 1. The Labute approximate surface area is 196 Å². The minimum Gasteiger partial charge on any atom is -0.497 e. The highest BCUT2D eigenvalue weighted by Crippen LogP contribution is 2.30. The summed E-state index contributed by atoms with van der Waals surface area (Å²) < 4.78 is 17.0. The number of methoxy groups -OCH3 is 2. The average Bonchev–Trinajstić information content (AvgIpc) is 3.40. The van der Waals surface area contributed by atoms with Crippen LogP contribution in [0, 0.1) is 0 Å². The van der Waals surface area contributed by atoms with Gasteiger partial charge in [0.15, 0.2) is 0 Å². The number of carbonyl (C=O) groups is 1. The number of likely N-dealkylation sites (tertiary alicyclic amines) is 2. The van der Waals surface area contributed by atoms with E-state index < -0.39 is 0 Å². The molecule has 4 rings (SSSR count). The maximum atomic E-state index is 13.0. The normalized spacial score (nSPS) is 17.5. The Kier molecular flexibility index (Phi) is 7.89.